The molecule has 1 aromatic carbocycles. The van der Waals surface area contributed by atoms with Gasteiger partial charge in [-0.05, 0) is 56.0 Å². The van der Waals surface area contributed by atoms with Gasteiger partial charge >= 0.3 is 0 Å². The van der Waals surface area contributed by atoms with Crippen molar-refractivity contribution in [2.24, 2.45) is 5.92 Å². The number of rotatable bonds is 3. The van der Waals surface area contributed by atoms with Crippen molar-refractivity contribution in [2.45, 2.75) is 19.3 Å². The maximum Gasteiger partial charge on any atom is 0.123 e. The molecule has 0 spiro atoms. The van der Waals surface area contributed by atoms with E-state index in [4.69, 9.17) is 16.3 Å². The van der Waals surface area contributed by atoms with Crippen molar-refractivity contribution in [1.82, 2.24) is 5.32 Å². The summed E-state index contributed by atoms with van der Waals surface area (Å²) < 4.78 is 5.37. The Labute approximate surface area is 114 Å². The van der Waals surface area contributed by atoms with E-state index in [1.54, 1.807) is 7.11 Å². The summed E-state index contributed by atoms with van der Waals surface area (Å²) in [5, 5.41) is 4.13. The summed E-state index contributed by atoms with van der Waals surface area (Å²) in [6, 6.07) is 5.93. The van der Waals surface area contributed by atoms with Crippen molar-refractivity contribution in [3.63, 3.8) is 0 Å². The molecular formula is C13H19Cl2NO. The van der Waals surface area contributed by atoms with Gasteiger partial charge in [0.2, 0.25) is 0 Å². The molecule has 0 bridgehead atoms. The monoisotopic (exact) mass is 275 g/mol. The van der Waals surface area contributed by atoms with Gasteiger partial charge in [0.15, 0.2) is 0 Å². The van der Waals surface area contributed by atoms with Gasteiger partial charge in [0.25, 0.3) is 0 Å². The molecule has 1 heterocycles. The van der Waals surface area contributed by atoms with Crippen LogP contribution >= 0.6 is 24.0 Å². The molecule has 0 atom stereocenters. The third kappa shape index (κ3) is 4.06. The molecule has 2 nitrogen and oxygen atoms in total. The fraction of sp³-hybridized carbons (Fsp3) is 0.538. The van der Waals surface area contributed by atoms with E-state index in [2.05, 4.69) is 11.4 Å². The Morgan fingerprint density at radius 2 is 2.06 bits per heavy atom. The summed E-state index contributed by atoms with van der Waals surface area (Å²) in [6.07, 6.45) is 3.61. The number of hydrogen-bond donors (Lipinski definition) is 1. The molecule has 1 aliphatic rings. The fourth-order valence-corrected chi connectivity index (χ4v) is 2.45. The van der Waals surface area contributed by atoms with E-state index in [0.717, 1.165) is 36.2 Å². The molecule has 17 heavy (non-hydrogen) atoms. The van der Waals surface area contributed by atoms with Crippen molar-refractivity contribution in [1.29, 1.82) is 0 Å². The zero-order valence-electron chi connectivity index (χ0n) is 10.0. The lowest BCUT2D eigenvalue weighted by molar-refractivity contribution is 0.361. The Morgan fingerprint density at radius 1 is 1.35 bits per heavy atom. The SMILES string of the molecule is COc1cc(Cl)ccc1CC1CCNCC1.Cl. The maximum absolute atomic E-state index is 5.95. The van der Waals surface area contributed by atoms with E-state index in [1.807, 2.05) is 12.1 Å². The van der Waals surface area contributed by atoms with E-state index in [1.165, 1.54) is 18.4 Å². The summed E-state index contributed by atoms with van der Waals surface area (Å²) >= 11 is 5.95. The second-order valence-corrected chi connectivity index (χ2v) is 4.79. The number of benzene rings is 1. The molecule has 0 radical (unpaired) electrons. The van der Waals surface area contributed by atoms with Crippen LogP contribution in [0, 0.1) is 5.92 Å². The predicted molar refractivity (Wildman–Crippen MR) is 74.5 cm³/mol. The number of piperidine rings is 1. The van der Waals surface area contributed by atoms with Gasteiger partial charge in [-0.15, -0.1) is 12.4 Å². The zero-order valence-corrected chi connectivity index (χ0v) is 11.6. The molecule has 4 heteroatoms. The molecule has 0 aromatic heterocycles. The van der Waals surface area contributed by atoms with Crippen LogP contribution in [0.15, 0.2) is 18.2 Å². The summed E-state index contributed by atoms with van der Waals surface area (Å²) in [5.41, 5.74) is 1.28. The van der Waals surface area contributed by atoms with Crippen LogP contribution in [-0.4, -0.2) is 20.2 Å². The summed E-state index contributed by atoms with van der Waals surface area (Å²) in [7, 11) is 1.71. The first-order valence-corrected chi connectivity index (χ1v) is 6.20. The third-order valence-electron chi connectivity index (χ3n) is 3.22. The van der Waals surface area contributed by atoms with Gasteiger partial charge in [-0.1, -0.05) is 17.7 Å². The van der Waals surface area contributed by atoms with E-state index >= 15 is 0 Å². The first-order valence-electron chi connectivity index (χ1n) is 5.82. The van der Waals surface area contributed by atoms with E-state index in [-0.39, 0.29) is 12.4 Å². The van der Waals surface area contributed by atoms with Crippen molar-refractivity contribution in [3.8, 4) is 5.75 Å². The van der Waals surface area contributed by atoms with Gasteiger partial charge in [0, 0.05) is 5.02 Å². The van der Waals surface area contributed by atoms with Crippen molar-refractivity contribution in [2.75, 3.05) is 20.2 Å². The smallest absolute Gasteiger partial charge is 0.123 e. The van der Waals surface area contributed by atoms with E-state index in [0.29, 0.717) is 0 Å². The largest absolute Gasteiger partial charge is 0.496 e. The van der Waals surface area contributed by atoms with Gasteiger partial charge in [-0.3, -0.25) is 0 Å². The van der Waals surface area contributed by atoms with Crippen molar-refractivity contribution in [3.05, 3.63) is 28.8 Å². The average molecular weight is 276 g/mol. The minimum absolute atomic E-state index is 0. The zero-order chi connectivity index (χ0) is 11.4. The van der Waals surface area contributed by atoms with Crippen LogP contribution in [0.5, 0.6) is 5.75 Å². The van der Waals surface area contributed by atoms with E-state index in [9.17, 15) is 0 Å². The van der Waals surface area contributed by atoms with Crippen molar-refractivity contribution >= 4 is 24.0 Å². The molecule has 1 aromatic rings. The van der Waals surface area contributed by atoms with Crippen LogP contribution in [0.3, 0.4) is 0 Å². The fourth-order valence-electron chi connectivity index (χ4n) is 2.28. The van der Waals surface area contributed by atoms with E-state index < -0.39 is 0 Å². The Balaban J connectivity index is 0.00000144. The lowest BCUT2D eigenvalue weighted by atomic mass is 9.91. The highest BCUT2D eigenvalue weighted by Gasteiger charge is 2.15. The molecule has 1 saturated heterocycles. The molecule has 0 saturated carbocycles. The van der Waals surface area contributed by atoms with Gasteiger partial charge < -0.3 is 10.1 Å². The topological polar surface area (TPSA) is 21.3 Å². The highest BCUT2D eigenvalue weighted by molar-refractivity contribution is 6.30. The number of hydrogen-bond acceptors (Lipinski definition) is 2. The number of halogens is 2. The second-order valence-electron chi connectivity index (χ2n) is 4.35. The Kier molecular flexibility index (Phi) is 6.10. The minimum Gasteiger partial charge on any atom is -0.496 e. The molecule has 1 N–H and O–H groups in total. The second kappa shape index (κ2) is 7.10. The molecule has 2 rings (SSSR count). The highest BCUT2D eigenvalue weighted by Crippen LogP contribution is 2.27. The summed E-state index contributed by atoms with van der Waals surface area (Å²) in [6.45, 7) is 2.28. The Hall–Kier alpha value is -0.440. The lowest BCUT2D eigenvalue weighted by Gasteiger charge is -2.23. The predicted octanol–water partition coefficient (Wildman–Crippen LogP) is 3.31. The maximum atomic E-state index is 5.95. The first kappa shape index (κ1) is 14.6. The number of nitrogens with one attached hydrogen (secondary N) is 1. The molecule has 0 amide bonds. The Morgan fingerprint density at radius 3 is 2.71 bits per heavy atom. The summed E-state index contributed by atoms with van der Waals surface area (Å²) in [5.74, 6) is 1.70. The quantitative estimate of drug-likeness (QED) is 0.914. The van der Waals surface area contributed by atoms with Gasteiger partial charge in [-0.25, -0.2) is 0 Å². The minimum atomic E-state index is 0. The normalized spacial score (nSPS) is 16.4. The standard InChI is InChI=1S/C13H18ClNO.ClH/c1-16-13-9-12(14)3-2-11(13)8-10-4-6-15-7-5-10;/h2-3,9-10,15H,4-8H2,1H3;1H. The van der Waals surface area contributed by atoms with Gasteiger partial charge in [0.1, 0.15) is 5.75 Å². The molecular weight excluding hydrogens is 257 g/mol. The van der Waals surface area contributed by atoms with Gasteiger partial charge in [-0.2, -0.15) is 0 Å². The molecule has 0 aliphatic carbocycles. The highest BCUT2D eigenvalue weighted by atomic mass is 35.5. The number of methoxy groups -OCH3 is 1. The van der Waals surface area contributed by atoms with Crippen LogP contribution in [0.1, 0.15) is 18.4 Å². The van der Waals surface area contributed by atoms with Crippen molar-refractivity contribution < 1.29 is 4.74 Å². The molecule has 96 valence electrons. The van der Waals surface area contributed by atoms with Crippen LogP contribution in [0.4, 0.5) is 0 Å². The van der Waals surface area contributed by atoms with Crippen LogP contribution in [0.25, 0.3) is 0 Å². The average Bonchev–Trinajstić information content (AvgIpc) is 2.33. The summed E-state index contributed by atoms with van der Waals surface area (Å²) in [4.78, 5) is 0. The Bertz CT molecular complexity index is 351. The molecule has 1 fully saturated rings. The first-order chi connectivity index (χ1) is 7.79. The van der Waals surface area contributed by atoms with Crippen LogP contribution in [0.2, 0.25) is 5.02 Å². The molecule has 0 unspecified atom stereocenters. The molecule has 1 aliphatic heterocycles. The van der Waals surface area contributed by atoms with Gasteiger partial charge in [0.05, 0.1) is 7.11 Å². The lowest BCUT2D eigenvalue weighted by Crippen LogP contribution is -2.28. The number of ether oxygens (including phenoxy) is 1. The van der Waals surface area contributed by atoms with Crippen LogP contribution < -0.4 is 10.1 Å². The third-order valence-corrected chi connectivity index (χ3v) is 3.45. The van der Waals surface area contributed by atoms with Crippen LogP contribution in [-0.2, 0) is 6.42 Å².